The molecule has 0 aromatic rings. The monoisotopic (exact) mass is 210 g/mol. The lowest BCUT2D eigenvalue weighted by Crippen LogP contribution is -2.45. The maximum atomic E-state index is 3.69. The molecule has 15 heavy (non-hydrogen) atoms. The summed E-state index contributed by atoms with van der Waals surface area (Å²) in [6, 6.07) is 0.833. The van der Waals surface area contributed by atoms with Crippen LogP contribution in [-0.4, -0.2) is 37.1 Å². The molecule has 0 bridgehead atoms. The molecule has 1 aliphatic carbocycles. The minimum atomic E-state index is 0.833. The van der Waals surface area contributed by atoms with Gasteiger partial charge in [0, 0.05) is 19.1 Å². The first-order chi connectivity index (χ1) is 7.25. The van der Waals surface area contributed by atoms with Crippen LogP contribution in [-0.2, 0) is 0 Å². The minimum Gasteiger partial charge on any atom is -0.313 e. The first kappa shape index (κ1) is 11.4. The maximum Gasteiger partial charge on any atom is 0.0107 e. The van der Waals surface area contributed by atoms with Gasteiger partial charge in [-0.15, -0.1) is 0 Å². The molecule has 0 radical (unpaired) electrons. The van der Waals surface area contributed by atoms with E-state index in [2.05, 4.69) is 24.1 Å². The molecule has 2 rings (SSSR count). The van der Waals surface area contributed by atoms with Gasteiger partial charge in [-0.1, -0.05) is 13.8 Å². The van der Waals surface area contributed by atoms with E-state index in [1.54, 1.807) is 0 Å². The van der Waals surface area contributed by atoms with Gasteiger partial charge in [0.15, 0.2) is 0 Å². The minimum absolute atomic E-state index is 0.833. The SMILES string of the molecule is CC(C)C1CC(NCCN2CCCC2)C1. The number of rotatable bonds is 5. The van der Waals surface area contributed by atoms with Crippen LogP contribution in [0.4, 0.5) is 0 Å². The summed E-state index contributed by atoms with van der Waals surface area (Å²) >= 11 is 0. The number of likely N-dealkylation sites (tertiary alicyclic amines) is 1. The Morgan fingerprint density at radius 3 is 2.47 bits per heavy atom. The summed E-state index contributed by atoms with van der Waals surface area (Å²) in [5, 5.41) is 3.69. The molecule has 1 saturated heterocycles. The van der Waals surface area contributed by atoms with E-state index in [1.165, 1.54) is 51.9 Å². The molecule has 1 saturated carbocycles. The Bertz CT molecular complexity index is 179. The van der Waals surface area contributed by atoms with Crippen LogP contribution >= 0.6 is 0 Å². The van der Waals surface area contributed by atoms with E-state index in [0.717, 1.165) is 17.9 Å². The van der Waals surface area contributed by atoms with Gasteiger partial charge in [-0.2, -0.15) is 0 Å². The highest BCUT2D eigenvalue weighted by Crippen LogP contribution is 2.33. The van der Waals surface area contributed by atoms with Crippen molar-refractivity contribution in [2.75, 3.05) is 26.2 Å². The van der Waals surface area contributed by atoms with Crippen LogP contribution < -0.4 is 5.32 Å². The fourth-order valence-electron chi connectivity index (χ4n) is 2.81. The van der Waals surface area contributed by atoms with Crippen LogP contribution in [0.2, 0.25) is 0 Å². The number of hydrogen-bond acceptors (Lipinski definition) is 2. The van der Waals surface area contributed by atoms with Gasteiger partial charge in [-0.25, -0.2) is 0 Å². The van der Waals surface area contributed by atoms with Crippen LogP contribution in [0.3, 0.4) is 0 Å². The van der Waals surface area contributed by atoms with Gasteiger partial charge in [0.2, 0.25) is 0 Å². The lowest BCUT2D eigenvalue weighted by molar-refractivity contribution is 0.165. The topological polar surface area (TPSA) is 15.3 Å². The molecule has 1 heterocycles. The van der Waals surface area contributed by atoms with Crippen molar-refractivity contribution in [2.45, 2.75) is 45.6 Å². The maximum absolute atomic E-state index is 3.69. The van der Waals surface area contributed by atoms with Crippen LogP contribution in [0.15, 0.2) is 0 Å². The second kappa shape index (κ2) is 5.31. The van der Waals surface area contributed by atoms with Gasteiger partial charge in [0.05, 0.1) is 0 Å². The van der Waals surface area contributed by atoms with Crippen LogP contribution in [0.25, 0.3) is 0 Å². The third kappa shape index (κ3) is 3.18. The third-order valence-corrected chi connectivity index (χ3v) is 4.18. The Labute approximate surface area is 94.4 Å². The van der Waals surface area contributed by atoms with Gasteiger partial charge in [-0.05, 0) is 50.6 Å². The van der Waals surface area contributed by atoms with E-state index in [4.69, 9.17) is 0 Å². The van der Waals surface area contributed by atoms with Crippen molar-refractivity contribution in [3.63, 3.8) is 0 Å². The molecule has 1 N–H and O–H groups in total. The zero-order valence-corrected chi connectivity index (χ0v) is 10.3. The molecule has 2 nitrogen and oxygen atoms in total. The first-order valence-electron chi connectivity index (χ1n) is 6.71. The van der Waals surface area contributed by atoms with E-state index in [9.17, 15) is 0 Å². The van der Waals surface area contributed by atoms with Crippen molar-refractivity contribution >= 4 is 0 Å². The Morgan fingerprint density at radius 2 is 1.87 bits per heavy atom. The highest BCUT2D eigenvalue weighted by Gasteiger charge is 2.30. The lowest BCUT2D eigenvalue weighted by Gasteiger charge is -2.39. The van der Waals surface area contributed by atoms with E-state index < -0.39 is 0 Å². The summed E-state index contributed by atoms with van der Waals surface area (Å²) in [5.41, 5.74) is 0. The van der Waals surface area contributed by atoms with Crippen molar-refractivity contribution < 1.29 is 0 Å². The molecule has 1 aliphatic heterocycles. The zero-order valence-electron chi connectivity index (χ0n) is 10.3. The van der Waals surface area contributed by atoms with Crippen molar-refractivity contribution in [3.05, 3.63) is 0 Å². The predicted octanol–water partition coefficient (Wildman–Crippen LogP) is 2.11. The molecule has 0 unspecified atom stereocenters. The molecule has 0 atom stereocenters. The Hall–Kier alpha value is -0.0800. The third-order valence-electron chi connectivity index (χ3n) is 4.18. The largest absolute Gasteiger partial charge is 0.313 e. The second-order valence-corrected chi connectivity index (χ2v) is 5.68. The molecule has 2 heteroatoms. The summed E-state index contributed by atoms with van der Waals surface area (Å²) in [7, 11) is 0. The summed E-state index contributed by atoms with van der Waals surface area (Å²) in [5.74, 6) is 1.89. The van der Waals surface area contributed by atoms with Crippen molar-refractivity contribution in [1.29, 1.82) is 0 Å². The molecule has 0 aromatic carbocycles. The van der Waals surface area contributed by atoms with E-state index >= 15 is 0 Å². The standard InChI is InChI=1S/C13H26N2/c1-11(2)12-9-13(10-12)14-5-8-15-6-3-4-7-15/h11-14H,3-10H2,1-2H3. The Morgan fingerprint density at radius 1 is 1.20 bits per heavy atom. The lowest BCUT2D eigenvalue weighted by atomic mass is 9.74. The van der Waals surface area contributed by atoms with Crippen molar-refractivity contribution in [2.24, 2.45) is 11.8 Å². The van der Waals surface area contributed by atoms with E-state index in [-0.39, 0.29) is 0 Å². The molecular weight excluding hydrogens is 184 g/mol. The van der Waals surface area contributed by atoms with Crippen molar-refractivity contribution in [1.82, 2.24) is 10.2 Å². The molecule has 0 spiro atoms. The van der Waals surface area contributed by atoms with E-state index in [1.807, 2.05) is 0 Å². The molecule has 0 amide bonds. The number of nitrogens with one attached hydrogen (secondary N) is 1. The smallest absolute Gasteiger partial charge is 0.0107 e. The highest BCUT2D eigenvalue weighted by molar-refractivity contribution is 4.86. The summed E-state index contributed by atoms with van der Waals surface area (Å²) in [4.78, 5) is 2.59. The van der Waals surface area contributed by atoms with Crippen LogP contribution in [0.5, 0.6) is 0 Å². The van der Waals surface area contributed by atoms with Crippen molar-refractivity contribution in [3.8, 4) is 0 Å². The Kier molecular flexibility index (Phi) is 4.04. The van der Waals surface area contributed by atoms with Gasteiger partial charge in [0.25, 0.3) is 0 Å². The predicted molar refractivity (Wildman–Crippen MR) is 65.0 cm³/mol. The molecule has 2 aliphatic rings. The second-order valence-electron chi connectivity index (χ2n) is 5.68. The van der Waals surface area contributed by atoms with Gasteiger partial charge in [-0.3, -0.25) is 0 Å². The quantitative estimate of drug-likeness (QED) is 0.747. The highest BCUT2D eigenvalue weighted by atomic mass is 15.2. The summed E-state index contributed by atoms with van der Waals surface area (Å²) < 4.78 is 0. The summed E-state index contributed by atoms with van der Waals surface area (Å²) in [6.07, 6.45) is 5.66. The van der Waals surface area contributed by atoms with Crippen LogP contribution in [0, 0.1) is 11.8 Å². The Balaban J connectivity index is 1.49. The number of hydrogen-bond donors (Lipinski definition) is 1. The molecule has 0 aromatic heterocycles. The fourth-order valence-corrected chi connectivity index (χ4v) is 2.81. The zero-order chi connectivity index (χ0) is 10.7. The normalized spacial score (nSPS) is 32.2. The average Bonchev–Trinajstić information content (AvgIpc) is 2.60. The van der Waals surface area contributed by atoms with E-state index in [0.29, 0.717) is 0 Å². The van der Waals surface area contributed by atoms with Gasteiger partial charge < -0.3 is 10.2 Å². The number of nitrogens with zero attached hydrogens (tertiary/aromatic N) is 1. The molecular formula is C13H26N2. The van der Waals surface area contributed by atoms with Gasteiger partial charge >= 0.3 is 0 Å². The molecule has 88 valence electrons. The van der Waals surface area contributed by atoms with Gasteiger partial charge in [0.1, 0.15) is 0 Å². The first-order valence-corrected chi connectivity index (χ1v) is 6.71. The van der Waals surface area contributed by atoms with Crippen LogP contribution in [0.1, 0.15) is 39.5 Å². The summed E-state index contributed by atoms with van der Waals surface area (Å²) in [6.45, 7) is 9.84. The molecule has 2 fully saturated rings. The average molecular weight is 210 g/mol. The fraction of sp³-hybridized carbons (Fsp3) is 1.00.